The SMILES string of the molecule is CC(=O)N1C[C@H]2C[C@@H](C1)[C@H](C(=O)NCc1cccnc1N)n1c2cccc1=O.O=CO. The zero-order chi connectivity index (χ0) is 22.5. The summed E-state index contributed by atoms with van der Waals surface area (Å²) < 4.78 is 1.61. The molecule has 1 fully saturated rings. The van der Waals surface area contributed by atoms with Crippen molar-refractivity contribution in [3.63, 3.8) is 0 Å². The molecule has 4 rings (SSSR count). The van der Waals surface area contributed by atoms with Gasteiger partial charge in [0, 0.05) is 61.9 Å². The number of aromatic nitrogens is 2. The number of rotatable bonds is 3. The lowest BCUT2D eigenvalue weighted by Gasteiger charge is -2.46. The van der Waals surface area contributed by atoms with Gasteiger partial charge in [0.25, 0.3) is 12.0 Å². The number of hydrogen-bond acceptors (Lipinski definition) is 6. The number of nitrogens with two attached hydrogens (primary N) is 1. The third-order valence-electron chi connectivity index (χ3n) is 5.74. The van der Waals surface area contributed by atoms with Crippen LogP contribution in [0.15, 0.2) is 41.3 Å². The molecule has 2 bridgehead atoms. The van der Waals surface area contributed by atoms with Crippen LogP contribution < -0.4 is 16.6 Å². The van der Waals surface area contributed by atoms with Crippen LogP contribution in [0.1, 0.15) is 36.6 Å². The Morgan fingerprint density at radius 2 is 2.03 bits per heavy atom. The molecule has 0 unspecified atom stereocenters. The molecule has 2 aromatic heterocycles. The van der Waals surface area contributed by atoms with Crippen molar-refractivity contribution in [3.8, 4) is 0 Å². The molecule has 4 heterocycles. The van der Waals surface area contributed by atoms with Gasteiger partial charge in [-0.05, 0) is 18.6 Å². The summed E-state index contributed by atoms with van der Waals surface area (Å²) in [5.74, 6) is 0.0657. The van der Waals surface area contributed by atoms with E-state index in [1.54, 1.807) is 40.8 Å². The molecule has 0 aliphatic carbocycles. The minimum Gasteiger partial charge on any atom is -0.483 e. The van der Waals surface area contributed by atoms with E-state index in [2.05, 4.69) is 10.3 Å². The van der Waals surface area contributed by atoms with E-state index >= 15 is 0 Å². The largest absolute Gasteiger partial charge is 0.483 e. The summed E-state index contributed by atoms with van der Waals surface area (Å²) in [5, 5.41) is 9.79. The quantitative estimate of drug-likeness (QED) is 0.599. The summed E-state index contributed by atoms with van der Waals surface area (Å²) in [5.41, 5.74) is 7.20. The van der Waals surface area contributed by atoms with Gasteiger partial charge in [-0.25, -0.2) is 4.98 Å². The number of nitrogens with one attached hydrogen (secondary N) is 1. The van der Waals surface area contributed by atoms with E-state index in [1.165, 1.54) is 6.07 Å². The first-order valence-electron chi connectivity index (χ1n) is 9.89. The Labute approximate surface area is 178 Å². The van der Waals surface area contributed by atoms with Crippen LogP contribution in [-0.4, -0.2) is 50.9 Å². The molecule has 3 atom stereocenters. The number of carboxylic acid groups (broad SMARTS) is 1. The summed E-state index contributed by atoms with van der Waals surface area (Å²) in [6.45, 7) is 2.58. The number of hydrogen-bond donors (Lipinski definition) is 3. The molecule has 0 spiro atoms. The summed E-state index contributed by atoms with van der Waals surface area (Å²) in [6, 6.07) is 7.98. The molecule has 0 radical (unpaired) electrons. The molecular weight excluding hydrogens is 402 g/mol. The number of anilines is 1. The Balaban J connectivity index is 0.000000858. The maximum absolute atomic E-state index is 13.1. The predicted octanol–water partition coefficient (Wildman–Crippen LogP) is 0.349. The molecule has 10 nitrogen and oxygen atoms in total. The monoisotopic (exact) mass is 427 g/mol. The lowest BCUT2D eigenvalue weighted by Crippen LogP contribution is -2.54. The summed E-state index contributed by atoms with van der Waals surface area (Å²) >= 11 is 0. The van der Waals surface area contributed by atoms with Crippen LogP contribution in [-0.2, 0) is 20.9 Å². The van der Waals surface area contributed by atoms with E-state index in [-0.39, 0.29) is 42.2 Å². The van der Waals surface area contributed by atoms with Crippen molar-refractivity contribution in [2.45, 2.75) is 31.8 Å². The highest BCUT2D eigenvalue weighted by Gasteiger charge is 2.44. The minimum atomic E-state index is -0.653. The molecule has 1 saturated heterocycles. The van der Waals surface area contributed by atoms with Crippen LogP contribution in [0.25, 0.3) is 0 Å². The number of pyridine rings is 2. The molecule has 0 saturated carbocycles. The Bertz CT molecular complexity index is 1040. The van der Waals surface area contributed by atoms with Crippen LogP contribution in [0.5, 0.6) is 0 Å². The lowest BCUT2D eigenvalue weighted by atomic mass is 9.78. The fourth-order valence-corrected chi connectivity index (χ4v) is 4.41. The number of carbonyl (C=O) groups excluding carboxylic acids is 2. The molecule has 2 amide bonds. The number of carbonyl (C=O) groups is 3. The fourth-order valence-electron chi connectivity index (χ4n) is 4.41. The number of nitrogen functional groups attached to an aromatic ring is 1. The molecule has 2 aromatic rings. The molecule has 164 valence electrons. The topological polar surface area (TPSA) is 148 Å². The van der Waals surface area contributed by atoms with Gasteiger partial charge in [0.2, 0.25) is 11.8 Å². The van der Waals surface area contributed by atoms with E-state index in [1.807, 2.05) is 6.07 Å². The third kappa shape index (κ3) is 4.57. The van der Waals surface area contributed by atoms with Crippen molar-refractivity contribution >= 4 is 24.1 Å². The molecule has 31 heavy (non-hydrogen) atoms. The third-order valence-corrected chi connectivity index (χ3v) is 5.74. The highest BCUT2D eigenvalue weighted by Crippen LogP contribution is 2.41. The standard InChI is InChI=1S/C20H23N5O3.CH2O2/c1-12(26)24-10-14-8-15(11-24)18(25-16(14)5-2-6-17(25)27)20(28)23-9-13-4-3-7-22-19(13)21;2-1-3/h2-7,14-15,18H,8-11H2,1H3,(H2,21,22)(H,23,28);1H,(H,2,3)/t14-,15+,18-;/m1./s1. The van der Waals surface area contributed by atoms with Gasteiger partial charge < -0.3 is 21.1 Å². The van der Waals surface area contributed by atoms with E-state index in [0.29, 0.717) is 18.9 Å². The number of likely N-dealkylation sites (tertiary alicyclic amines) is 1. The second kappa shape index (κ2) is 9.41. The van der Waals surface area contributed by atoms with Crippen molar-refractivity contribution in [2.24, 2.45) is 5.92 Å². The highest BCUT2D eigenvalue weighted by molar-refractivity contribution is 5.81. The molecule has 10 heteroatoms. The lowest BCUT2D eigenvalue weighted by molar-refractivity contribution is -0.135. The van der Waals surface area contributed by atoms with Crippen LogP contribution in [0.4, 0.5) is 5.82 Å². The van der Waals surface area contributed by atoms with Gasteiger partial charge >= 0.3 is 0 Å². The minimum absolute atomic E-state index is 0.0104. The van der Waals surface area contributed by atoms with E-state index < -0.39 is 6.04 Å². The van der Waals surface area contributed by atoms with Crippen LogP contribution in [0.2, 0.25) is 0 Å². The smallest absolute Gasteiger partial charge is 0.290 e. The van der Waals surface area contributed by atoms with Crippen molar-refractivity contribution in [2.75, 3.05) is 18.8 Å². The van der Waals surface area contributed by atoms with E-state index in [0.717, 1.165) is 17.7 Å². The van der Waals surface area contributed by atoms with Gasteiger partial charge in [0.15, 0.2) is 0 Å². The Hall–Kier alpha value is -3.69. The predicted molar refractivity (Wildman–Crippen MR) is 112 cm³/mol. The van der Waals surface area contributed by atoms with Gasteiger partial charge in [0.1, 0.15) is 11.9 Å². The number of amides is 2. The Morgan fingerprint density at radius 1 is 1.29 bits per heavy atom. The van der Waals surface area contributed by atoms with Crippen LogP contribution in [0, 0.1) is 5.92 Å². The zero-order valence-corrected chi connectivity index (χ0v) is 17.1. The van der Waals surface area contributed by atoms with Crippen molar-refractivity contribution < 1.29 is 19.5 Å². The normalized spacial score (nSPS) is 21.2. The average Bonchev–Trinajstić information content (AvgIpc) is 2.74. The highest BCUT2D eigenvalue weighted by atomic mass is 16.3. The summed E-state index contributed by atoms with van der Waals surface area (Å²) in [4.78, 5) is 51.9. The summed E-state index contributed by atoms with van der Waals surface area (Å²) in [6.07, 6.45) is 2.37. The van der Waals surface area contributed by atoms with Gasteiger partial charge in [0.05, 0.1) is 0 Å². The first kappa shape index (κ1) is 22.0. The Morgan fingerprint density at radius 3 is 2.71 bits per heavy atom. The maximum Gasteiger partial charge on any atom is 0.290 e. The number of piperidine rings is 1. The number of fused-ring (bicyclic) bond motifs is 4. The zero-order valence-electron chi connectivity index (χ0n) is 17.1. The van der Waals surface area contributed by atoms with Crippen molar-refractivity contribution in [3.05, 3.63) is 58.1 Å². The van der Waals surface area contributed by atoms with Crippen LogP contribution >= 0.6 is 0 Å². The average molecular weight is 427 g/mol. The van der Waals surface area contributed by atoms with Gasteiger partial charge in [-0.3, -0.25) is 23.7 Å². The first-order valence-corrected chi connectivity index (χ1v) is 9.89. The van der Waals surface area contributed by atoms with Crippen molar-refractivity contribution in [1.82, 2.24) is 19.8 Å². The van der Waals surface area contributed by atoms with Gasteiger partial charge in [-0.2, -0.15) is 0 Å². The summed E-state index contributed by atoms with van der Waals surface area (Å²) in [7, 11) is 0. The molecular formula is C21H25N5O5. The maximum atomic E-state index is 13.1. The van der Waals surface area contributed by atoms with Gasteiger partial charge in [-0.15, -0.1) is 0 Å². The molecule has 4 N–H and O–H groups in total. The molecule has 2 aliphatic rings. The number of nitrogens with zero attached hydrogens (tertiary/aromatic N) is 3. The van der Waals surface area contributed by atoms with Crippen molar-refractivity contribution in [1.29, 1.82) is 0 Å². The second-order valence-electron chi connectivity index (χ2n) is 7.59. The van der Waals surface area contributed by atoms with E-state index in [4.69, 9.17) is 15.6 Å². The van der Waals surface area contributed by atoms with Gasteiger partial charge in [-0.1, -0.05) is 12.1 Å². The van der Waals surface area contributed by atoms with Crippen LogP contribution in [0.3, 0.4) is 0 Å². The Kier molecular flexibility index (Phi) is 6.68. The molecule has 2 aliphatic heterocycles. The first-order chi connectivity index (χ1) is 14.9. The van der Waals surface area contributed by atoms with E-state index in [9.17, 15) is 14.4 Å². The molecule has 0 aromatic carbocycles. The second-order valence-corrected chi connectivity index (χ2v) is 7.59. The fraction of sp³-hybridized carbons (Fsp3) is 0.381.